The predicted molar refractivity (Wildman–Crippen MR) is 127 cm³/mol. The minimum Gasteiger partial charge on any atom is -0.242 e. The number of rotatable bonds is 7. The third kappa shape index (κ3) is 5.44. The predicted octanol–water partition coefficient (Wildman–Crippen LogP) is 5.76. The Balaban J connectivity index is 1.92. The average Bonchev–Trinajstić information content (AvgIpc) is 2.72. The van der Waals surface area contributed by atoms with Crippen molar-refractivity contribution in [3.63, 3.8) is 0 Å². The lowest BCUT2D eigenvalue weighted by Crippen LogP contribution is -2.50. The van der Waals surface area contributed by atoms with E-state index < -0.39 is 11.0 Å². The molecule has 0 saturated carbocycles. The molecule has 0 aliphatic carbocycles. The Morgan fingerprint density at radius 3 is 2.14 bits per heavy atom. The Bertz CT molecular complexity index is 752. The van der Waals surface area contributed by atoms with E-state index in [9.17, 15) is 4.21 Å². The van der Waals surface area contributed by atoms with E-state index in [1.807, 2.05) is 44.3 Å². The Morgan fingerprint density at radius 1 is 1.00 bits per heavy atom. The van der Waals surface area contributed by atoms with Gasteiger partial charge in [-0.05, 0) is 62.7 Å². The average molecular weight is 434 g/mol. The highest BCUT2D eigenvalue weighted by molar-refractivity contribution is 8.18. The van der Waals surface area contributed by atoms with Gasteiger partial charge in [-0.25, -0.2) is 8.93 Å². The molecular formula is C23H31NOS3. The Hall–Kier alpha value is -0.750. The normalized spacial score (nSPS) is 19.1. The largest absolute Gasteiger partial charge is 0.242 e. The number of hydrogen-bond donors (Lipinski definition) is 1. The van der Waals surface area contributed by atoms with Gasteiger partial charge in [-0.3, -0.25) is 0 Å². The maximum Gasteiger partial charge on any atom is 0.102 e. The molecule has 0 radical (unpaired) electrons. The van der Waals surface area contributed by atoms with Gasteiger partial charge in [0.1, 0.15) is 4.08 Å². The Labute approximate surface area is 181 Å². The van der Waals surface area contributed by atoms with Gasteiger partial charge in [-0.2, -0.15) is 0 Å². The van der Waals surface area contributed by atoms with Crippen molar-refractivity contribution in [1.29, 1.82) is 0 Å². The fraction of sp³-hybridized carbons (Fsp3) is 0.478. The molecule has 152 valence electrons. The highest BCUT2D eigenvalue weighted by Gasteiger charge is 2.44. The summed E-state index contributed by atoms with van der Waals surface area (Å²) in [6.07, 6.45) is 3.17. The van der Waals surface area contributed by atoms with Crippen LogP contribution in [0.3, 0.4) is 0 Å². The summed E-state index contributed by atoms with van der Waals surface area (Å²) in [4.78, 5) is 0. The standard InChI is InChI=1S/C23H31NOS3/c1-22(2,3)28(25)24-21(16-15-19-11-6-4-7-12-19)23(26-17-10-18-27-23)20-13-8-5-9-14-20/h4-9,11-14,21,24H,10,15-18H2,1-3H3/t21-,28+/m0/s1. The second-order valence-corrected chi connectivity index (χ2v) is 13.1. The molecule has 1 fully saturated rings. The summed E-state index contributed by atoms with van der Waals surface area (Å²) in [6, 6.07) is 21.6. The van der Waals surface area contributed by atoms with E-state index in [-0.39, 0.29) is 14.9 Å². The number of nitrogens with one attached hydrogen (secondary N) is 1. The van der Waals surface area contributed by atoms with Gasteiger partial charge in [0, 0.05) is 6.04 Å². The second-order valence-electron chi connectivity index (χ2n) is 8.16. The molecule has 2 aromatic rings. The summed E-state index contributed by atoms with van der Waals surface area (Å²) in [5, 5.41) is 0. The summed E-state index contributed by atoms with van der Waals surface area (Å²) < 4.78 is 16.3. The van der Waals surface area contributed by atoms with Crippen molar-refractivity contribution in [2.75, 3.05) is 11.5 Å². The van der Waals surface area contributed by atoms with Gasteiger partial charge >= 0.3 is 0 Å². The summed E-state index contributed by atoms with van der Waals surface area (Å²) in [5.74, 6) is 2.29. The van der Waals surface area contributed by atoms with Crippen LogP contribution in [-0.4, -0.2) is 26.5 Å². The molecule has 1 N–H and O–H groups in total. The van der Waals surface area contributed by atoms with Crippen LogP contribution in [0.2, 0.25) is 0 Å². The lowest BCUT2D eigenvalue weighted by atomic mass is 9.98. The number of aryl methyl sites for hydroxylation is 1. The van der Waals surface area contributed by atoms with E-state index in [2.05, 4.69) is 65.4 Å². The van der Waals surface area contributed by atoms with E-state index in [0.717, 1.165) is 24.3 Å². The fourth-order valence-corrected chi connectivity index (χ4v) is 7.99. The van der Waals surface area contributed by atoms with Crippen LogP contribution < -0.4 is 4.72 Å². The maximum absolute atomic E-state index is 13.1. The molecule has 5 heteroatoms. The third-order valence-electron chi connectivity index (χ3n) is 4.93. The lowest BCUT2D eigenvalue weighted by molar-refractivity contribution is 0.516. The number of thioether (sulfide) groups is 2. The van der Waals surface area contributed by atoms with Crippen LogP contribution in [0, 0.1) is 0 Å². The van der Waals surface area contributed by atoms with Crippen LogP contribution in [0.5, 0.6) is 0 Å². The minimum absolute atomic E-state index is 0.102. The molecule has 2 nitrogen and oxygen atoms in total. The van der Waals surface area contributed by atoms with Crippen LogP contribution in [-0.2, 0) is 21.5 Å². The summed E-state index contributed by atoms with van der Waals surface area (Å²) in [5.41, 5.74) is 2.67. The van der Waals surface area contributed by atoms with Crippen LogP contribution in [0.15, 0.2) is 60.7 Å². The van der Waals surface area contributed by atoms with E-state index in [1.165, 1.54) is 17.5 Å². The van der Waals surface area contributed by atoms with E-state index in [0.29, 0.717) is 0 Å². The first-order valence-electron chi connectivity index (χ1n) is 9.97. The van der Waals surface area contributed by atoms with Crippen molar-refractivity contribution < 1.29 is 4.21 Å². The third-order valence-corrected chi connectivity index (χ3v) is 10.1. The van der Waals surface area contributed by atoms with Crippen LogP contribution in [0.4, 0.5) is 0 Å². The van der Waals surface area contributed by atoms with Crippen molar-refractivity contribution in [2.24, 2.45) is 0 Å². The first-order chi connectivity index (χ1) is 13.4. The molecular weight excluding hydrogens is 402 g/mol. The number of benzene rings is 2. The van der Waals surface area contributed by atoms with Crippen molar-refractivity contribution >= 4 is 34.5 Å². The zero-order valence-electron chi connectivity index (χ0n) is 17.0. The molecule has 0 aromatic heterocycles. The van der Waals surface area contributed by atoms with Gasteiger partial charge in [0.05, 0.1) is 15.7 Å². The first kappa shape index (κ1) is 21.9. The van der Waals surface area contributed by atoms with E-state index in [1.54, 1.807) is 0 Å². The molecule has 3 rings (SSSR count). The van der Waals surface area contributed by atoms with E-state index >= 15 is 0 Å². The molecule has 28 heavy (non-hydrogen) atoms. The first-order valence-corrected chi connectivity index (χ1v) is 13.1. The summed E-state index contributed by atoms with van der Waals surface area (Å²) >= 11 is 4.05. The zero-order valence-corrected chi connectivity index (χ0v) is 19.5. The maximum atomic E-state index is 13.1. The minimum atomic E-state index is -1.10. The highest BCUT2D eigenvalue weighted by atomic mass is 32.2. The second kappa shape index (κ2) is 9.84. The van der Waals surface area contributed by atoms with Crippen LogP contribution >= 0.6 is 23.5 Å². The quantitative estimate of drug-likeness (QED) is 0.602. The molecule has 0 bridgehead atoms. The van der Waals surface area contributed by atoms with Crippen molar-refractivity contribution in [3.05, 3.63) is 71.8 Å². The molecule has 1 heterocycles. The van der Waals surface area contributed by atoms with Crippen molar-refractivity contribution in [2.45, 2.75) is 54.9 Å². The molecule has 0 unspecified atom stereocenters. The fourth-order valence-electron chi connectivity index (χ4n) is 3.38. The molecule has 0 spiro atoms. The lowest BCUT2D eigenvalue weighted by Gasteiger charge is -2.43. The van der Waals surface area contributed by atoms with Gasteiger partial charge in [0.25, 0.3) is 0 Å². The molecule has 2 aromatic carbocycles. The topological polar surface area (TPSA) is 29.1 Å². The van der Waals surface area contributed by atoms with Gasteiger partial charge < -0.3 is 0 Å². The Kier molecular flexibility index (Phi) is 7.71. The molecule has 1 aliphatic rings. The molecule has 1 aliphatic heterocycles. The molecule has 0 amide bonds. The van der Waals surface area contributed by atoms with Crippen LogP contribution in [0.25, 0.3) is 0 Å². The Morgan fingerprint density at radius 2 is 1.57 bits per heavy atom. The highest BCUT2D eigenvalue weighted by Crippen LogP contribution is 2.53. The van der Waals surface area contributed by atoms with E-state index in [4.69, 9.17) is 0 Å². The zero-order chi connectivity index (χ0) is 20.0. The summed E-state index contributed by atoms with van der Waals surface area (Å²) in [6.45, 7) is 6.13. The van der Waals surface area contributed by atoms with Gasteiger partial charge in [-0.1, -0.05) is 60.7 Å². The van der Waals surface area contributed by atoms with Crippen molar-refractivity contribution in [1.82, 2.24) is 4.72 Å². The monoisotopic (exact) mass is 433 g/mol. The molecule has 2 atom stereocenters. The summed E-state index contributed by atoms with van der Waals surface area (Å²) in [7, 11) is -1.10. The van der Waals surface area contributed by atoms with Gasteiger partial charge in [-0.15, -0.1) is 23.5 Å². The van der Waals surface area contributed by atoms with Gasteiger partial charge in [0.15, 0.2) is 0 Å². The van der Waals surface area contributed by atoms with Crippen molar-refractivity contribution in [3.8, 4) is 0 Å². The smallest absolute Gasteiger partial charge is 0.102 e. The number of hydrogen-bond acceptors (Lipinski definition) is 3. The van der Waals surface area contributed by atoms with Crippen LogP contribution in [0.1, 0.15) is 44.7 Å². The van der Waals surface area contributed by atoms with Gasteiger partial charge in [0.2, 0.25) is 0 Å². The SMILES string of the molecule is CC(C)(C)[S@@](=O)N[C@@H](CCc1ccccc1)C1(c2ccccc2)SCCCS1. The molecule has 1 saturated heterocycles.